The van der Waals surface area contributed by atoms with E-state index in [0.717, 1.165) is 29.5 Å². The SMILES string of the molecule is CC(C)(C)[C@H]1CCc2c(nc3sc4c(O)cc(=O)[nH]c4c3c2-c2cccs2)C1. The average molecular weight is 411 g/mol. The molecule has 0 saturated heterocycles. The number of fused-ring (bicyclic) bond motifs is 4. The molecule has 144 valence electrons. The van der Waals surface area contributed by atoms with Crippen molar-refractivity contribution in [1.82, 2.24) is 9.97 Å². The van der Waals surface area contributed by atoms with Crippen molar-refractivity contribution in [3.63, 3.8) is 0 Å². The smallest absolute Gasteiger partial charge is 0.252 e. The van der Waals surface area contributed by atoms with Gasteiger partial charge in [0.15, 0.2) is 0 Å². The molecular weight excluding hydrogens is 388 g/mol. The number of H-pyrrole nitrogens is 1. The summed E-state index contributed by atoms with van der Waals surface area (Å²) in [5, 5.41) is 13.4. The maximum atomic E-state index is 12.1. The molecule has 4 heterocycles. The summed E-state index contributed by atoms with van der Waals surface area (Å²) in [7, 11) is 0. The van der Waals surface area contributed by atoms with Gasteiger partial charge in [-0.2, -0.15) is 0 Å². The molecule has 2 N–H and O–H groups in total. The van der Waals surface area contributed by atoms with Crippen molar-refractivity contribution in [1.29, 1.82) is 0 Å². The van der Waals surface area contributed by atoms with Crippen LogP contribution in [0.25, 0.3) is 30.9 Å². The minimum absolute atomic E-state index is 0.0319. The van der Waals surface area contributed by atoms with Crippen LogP contribution in [0.15, 0.2) is 28.4 Å². The molecule has 0 unspecified atom stereocenters. The number of rotatable bonds is 1. The van der Waals surface area contributed by atoms with Crippen LogP contribution in [-0.2, 0) is 12.8 Å². The summed E-state index contributed by atoms with van der Waals surface area (Å²) in [6.45, 7) is 6.93. The van der Waals surface area contributed by atoms with E-state index in [4.69, 9.17) is 4.98 Å². The second kappa shape index (κ2) is 6.16. The van der Waals surface area contributed by atoms with Crippen LogP contribution in [0.1, 0.15) is 38.4 Å². The Morgan fingerprint density at radius 1 is 1.32 bits per heavy atom. The van der Waals surface area contributed by atoms with Crippen molar-refractivity contribution in [2.75, 3.05) is 0 Å². The first-order valence-electron chi connectivity index (χ1n) is 9.57. The summed E-state index contributed by atoms with van der Waals surface area (Å²) in [4.78, 5) is 22.1. The van der Waals surface area contributed by atoms with Crippen LogP contribution in [0.4, 0.5) is 0 Å². The van der Waals surface area contributed by atoms with Crippen molar-refractivity contribution in [3.05, 3.63) is 45.2 Å². The van der Waals surface area contributed by atoms with Gasteiger partial charge in [-0.15, -0.1) is 22.7 Å². The molecule has 4 aromatic heterocycles. The van der Waals surface area contributed by atoms with E-state index in [-0.39, 0.29) is 16.7 Å². The second-order valence-corrected chi connectivity index (χ2v) is 10.6. The van der Waals surface area contributed by atoms with Gasteiger partial charge < -0.3 is 10.1 Å². The number of hydrogen-bond acceptors (Lipinski definition) is 5. The Balaban J connectivity index is 1.87. The topological polar surface area (TPSA) is 66.0 Å². The van der Waals surface area contributed by atoms with Crippen molar-refractivity contribution in [2.24, 2.45) is 11.3 Å². The predicted molar refractivity (Wildman–Crippen MR) is 118 cm³/mol. The molecular formula is C22H22N2O2S2. The lowest BCUT2D eigenvalue weighted by Gasteiger charge is -2.35. The van der Waals surface area contributed by atoms with E-state index in [2.05, 4.69) is 43.3 Å². The fourth-order valence-corrected chi connectivity index (χ4v) is 6.27. The van der Waals surface area contributed by atoms with Gasteiger partial charge in [-0.05, 0) is 47.6 Å². The molecule has 1 aliphatic carbocycles. The van der Waals surface area contributed by atoms with E-state index in [1.807, 2.05) is 0 Å². The number of aromatic amines is 1. The molecule has 0 aliphatic heterocycles. The van der Waals surface area contributed by atoms with Gasteiger partial charge in [0.25, 0.3) is 5.56 Å². The highest BCUT2D eigenvalue weighted by Gasteiger charge is 2.32. The first kappa shape index (κ1) is 17.9. The minimum atomic E-state index is -0.285. The second-order valence-electron chi connectivity index (χ2n) is 8.70. The van der Waals surface area contributed by atoms with Crippen molar-refractivity contribution < 1.29 is 5.11 Å². The Hall–Kier alpha value is -2.18. The quantitative estimate of drug-likeness (QED) is 0.421. The van der Waals surface area contributed by atoms with Crippen molar-refractivity contribution in [3.8, 4) is 16.2 Å². The number of aromatic nitrogens is 2. The number of aromatic hydroxyl groups is 1. The molecule has 4 nitrogen and oxygen atoms in total. The van der Waals surface area contributed by atoms with Crippen LogP contribution in [0.2, 0.25) is 0 Å². The van der Waals surface area contributed by atoms with Gasteiger partial charge in [0.1, 0.15) is 10.6 Å². The van der Waals surface area contributed by atoms with E-state index in [1.54, 1.807) is 11.3 Å². The largest absolute Gasteiger partial charge is 0.506 e. The van der Waals surface area contributed by atoms with E-state index in [9.17, 15) is 9.90 Å². The van der Waals surface area contributed by atoms with E-state index >= 15 is 0 Å². The number of nitrogens with zero attached hydrogens (tertiary/aromatic N) is 1. The monoisotopic (exact) mass is 410 g/mol. The third kappa shape index (κ3) is 2.70. The molecule has 0 amide bonds. The zero-order valence-corrected chi connectivity index (χ0v) is 17.8. The van der Waals surface area contributed by atoms with Gasteiger partial charge in [-0.3, -0.25) is 4.79 Å². The third-order valence-corrected chi connectivity index (χ3v) is 7.94. The highest BCUT2D eigenvalue weighted by molar-refractivity contribution is 7.26. The summed E-state index contributed by atoms with van der Waals surface area (Å²) in [6.07, 6.45) is 3.11. The molecule has 28 heavy (non-hydrogen) atoms. The van der Waals surface area contributed by atoms with Crippen LogP contribution in [0, 0.1) is 11.3 Å². The molecule has 0 spiro atoms. The molecule has 5 rings (SSSR count). The van der Waals surface area contributed by atoms with Crippen LogP contribution in [0.3, 0.4) is 0 Å². The highest BCUT2D eigenvalue weighted by atomic mass is 32.1. The Bertz CT molecular complexity index is 1260. The Morgan fingerprint density at radius 3 is 2.86 bits per heavy atom. The summed E-state index contributed by atoms with van der Waals surface area (Å²) in [5.74, 6) is 0.633. The molecule has 0 bridgehead atoms. The predicted octanol–water partition coefficient (Wildman–Crippen LogP) is 5.72. The molecule has 1 aliphatic rings. The Labute approximate surface area is 170 Å². The number of hydrogen-bond donors (Lipinski definition) is 2. The normalized spacial score (nSPS) is 17.3. The number of nitrogens with one attached hydrogen (secondary N) is 1. The molecule has 6 heteroatoms. The van der Waals surface area contributed by atoms with Gasteiger partial charge >= 0.3 is 0 Å². The number of thiophene rings is 2. The summed E-state index contributed by atoms with van der Waals surface area (Å²) < 4.78 is 0.703. The Kier molecular flexibility index (Phi) is 3.93. The van der Waals surface area contributed by atoms with Crippen molar-refractivity contribution in [2.45, 2.75) is 40.0 Å². The van der Waals surface area contributed by atoms with E-state index in [0.29, 0.717) is 16.1 Å². The first-order chi connectivity index (χ1) is 13.3. The van der Waals surface area contributed by atoms with Gasteiger partial charge in [-0.25, -0.2) is 4.98 Å². The van der Waals surface area contributed by atoms with Gasteiger partial charge in [0.2, 0.25) is 0 Å². The fourth-order valence-electron chi connectivity index (χ4n) is 4.39. The maximum absolute atomic E-state index is 12.1. The number of pyridine rings is 2. The minimum Gasteiger partial charge on any atom is -0.506 e. The van der Waals surface area contributed by atoms with Crippen LogP contribution >= 0.6 is 22.7 Å². The lowest BCUT2D eigenvalue weighted by molar-refractivity contribution is 0.214. The molecule has 1 atom stereocenters. The van der Waals surface area contributed by atoms with Gasteiger partial charge in [-0.1, -0.05) is 26.8 Å². The maximum Gasteiger partial charge on any atom is 0.252 e. The molecule has 4 aromatic rings. The Morgan fingerprint density at radius 2 is 2.14 bits per heavy atom. The lowest BCUT2D eigenvalue weighted by Crippen LogP contribution is -2.27. The van der Waals surface area contributed by atoms with E-state index in [1.165, 1.54) is 39.1 Å². The molecule has 0 saturated carbocycles. The first-order valence-corrected chi connectivity index (χ1v) is 11.3. The molecule has 0 aromatic carbocycles. The molecule has 0 radical (unpaired) electrons. The van der Waals surface area contributed by atoms with Crippen LogP contribution in [-0.4, -0.2) is 15.1 Å². The average Bonchev–Trinajstić information content (AvgIpc) is 3.27. The lowest BCUT2D eigenvalue weighted by atomic mass is 9.71. The van der Waals surface area contributed by atoms with E-state index < -0.39 is 0 Å². The summed E-state index contributed by atoms with van der Waals surface area (Å²) in [5.41, 5.74) is 4.35. The summed E-state index contributed by atoms with van der Waals surface area (Å²) >= 11 is 3.18. The fraction of sp³-hybridized carbons (Fsp3) is 0.364. The standard InChI is InChI=1S/C22H22N2O2S2/c1-22(2,3)11-6-7-12-13(9-11)23-21-18(17(12)15-5-4-8-27-15)19-20(28-21)14(25)10-16(26)24-19/h4-5,8,10-11H,6-7,9H2,1-3H3,(H2,24,25,26)/t11-/m0/s1. The van der Waals surface area contributed by atoms with Gasteiger partial charge in [0.05, 0.1) is 10.2 Å². The molecule has 0 fully saturated rings. The van der Waals surface area contributed by atoms with Gasteiger partial charge in [0, 0.05) is 27.6 Å². The highest BCUT2D eigenvalue weighted by Crippen LogP contribution is 2.47. The van der Waals surface area contributed by atoms with Crippen LogP contribution < -0.4 is 5.56 Å². The van der Waals surface area contributed by atoms with Crippen LogP contribution in [0.5, 0.6) is 5.75 Å². The third-order valence-electron chi connectivity index (χ3n) is 5.95. The van der Waals surface area contributed by atoms with Crippen molar-refractivity contribution >= 4 is 43.1 Å². The summed E-state index contributed by atoms with van der Waals surface area (Å²) in [6, 6.07) is 5.45. The zero-order valence-electron chi connectivity index (χ0n) is 16.1. The zero-order chi connectivity index (χ0) is 19.6.